The van der Waals surface area contributed by atoms with Gasteiger partial charge in [-0.3, -0.25) is 4.79 Å². The zero-order valence-electron chi connectivity index (χ0n) is 9.89. The van der Waals surface area contributed by atoms with Crippen LogP contribution in [0.4, 0.5) is 5.00 Å². The third-order valence-corrected chi connectivity index (χ3v) is 4.33. The summed E-state index contributed by atoms with van der Waals surface area (Å²) in [6.07, 6.45) is 0. The normalized spacial score (nSPS) is 10.4. The number of amides is 1. The monoisotopic (exact) mass is 324 g/mol. The van der Waals surface area contributed by atoms with Gasteiger partial charge in [0.25, 0.3) is 5.91 Å². The molecule has 18 heavy (non-hydrogen) atoms. The molecule has 0 bridgehead atoms. The number of benzene rings is 1. The summed E-state index contributed by atoms with van der Waals surface area (Å²) >= 11 is 4.92. The largest absolute Gasteiger partial charge is 0.326 e. The zero-order valence-corrected chi connectivity index (χ0v) is 12.3. The van der Waals surface area contributed by atoms with E-state index in [1.54, 1.807) is 11.9 Å². The number of thiophene rings is 1. The number of carbonyl (C=O) groups excluding carboxylic acids is 1. The number of carbonyl (C=O) groups is 1. The van der Waals surface area contributed by atoms with Gasteiger partial charge in [0.15, 0.2) is 0 Å². The molecule has 1 amide bonds. The van der Waals surface area contributed by atoms with E-state index in [4.69, 9.17) is 5.73 Å². The van der Waals surface area contributed by atoms with E-state index in [2.05, 4.69) is 15.9 Å². The van der Waals surface area contributed by atoms with Crippen LogP contribution in [0.5, 0.6) is 0 Å². The van der Waals surface area contributed by atoms with E-state index < -0.39 is 0 Å². The molecule has 0 aliphatic rings. The molecule has 2 rings (SSSR count). The van der Waals surface area contributed by atoms with Gasteiger partial charge in [-0.2, -0.15) is 0 Å². The average Bonchev–Trinajstić information content (AvgIpc) is 2.84. The minimum absolute atomic E-state index is 0.0204. The fourth-order valence-corrected chi connectivity index (χ4v) is 2.88. The van der Waals surface area contributed by atoms with E-state index in [1.807, 2.05) is 36.4 Å². The summed E-state index contributed by atoms with van der Waals surface area (Å²) < 4.78 is 1.01. The van der Waals surface area contributed by atoms with Crippen LogP contribution in [-0.4, -0.2) is 13.0 Å². The molecule has 0 saturated heterocycles. The van der Waals surface area contributed by atoms with Crippen LogP contribution < -0.4 is 10.6 Å². The van der Waals surface area contributed by atoms with E-state index >= 15 is 0 Å². The zero-order chi connectivity index (χ0) is 13.1. The van der Waals surface area contributed by atoms with Gasteiger partial charge in [-0.15, -0.1) is 11.3 Å². The summed E-state index contributed by atoms with van der Waals surface area (Å²) in [5.74, 6) is -0.0204. The van der Waals surface area contributed by atoms with Gasteiger partial charge in [0.05, 0.1) is 8.79 Å². The van der Waals surface area contributed by atoms with Crippen LogP contribution >= 0.6 is 27.3 Å². The molecule has 1 aromatic carbocycles. The molecular weight excluding hydrogens is 312 g/mol. The molecule has 2 aromatic rings. The molecular formula is C13H13BrN2OS. The molecule has 0 atom stereocenters. The van der Waals surface area contributed by atoms with Gasteiger partial charge in [0.1, 0.15) is 0 Å². The number of anilines is 1. The number of rotatable bonds is 3. The molecule has 0 saturated carbocycles. The van der Waals surface area contributed by atoms with Crippen molar-refractivity contribution in [1.82, 2.24) is 0 Å². The van der Waals surface area contributed by atoms with Crippen molar-refractivity contribution in [2.45, 2.75) is 6.54 Å². The van der Waals surface area contributed by atoms with Gasteiger partial charge in [-0.25, -0.2) is 0 Å². The smallest absolute Gasteiger partial charge is 0.258 e. The minimum Gasteiger partial charge on any atom is -0.326 e. The first-order valence-corrected chi connectivity index (χ1v) is 7.05. The van der Waals surface area contributed by atoms with Crippen molar-refractivity contribution >= 4 is 38.2 Å². The predicted molar refractivity (Wildman–Crippen MR) is 79.1 cm³/mol. The topological polar surface area (TPSA) is 46.3 Å². The molecule has 0 unspecified atom stereocenters. The van der Waals surface area contributed by atoms with Crippen LogP contribution in [0, 0.1) is 0 Å². The molecule has 5 heteroatoms. The van der Waals surface area contributed by atoms with Gasteiger partial charge in [-0.05, 0) is 45.8 Å². The molecule has 0 spiro atoms. The highest BCUT2D eigenvalue weighted by atomic mass is 79.9. The first-order valence-electron chi connectivity index (χ1n) is 5.44. The van der Waals surface area contributed by atoms with Crippen molar-refractivity contribution in [2.75, 3.05) is 11.9 Å². The van der Waals surface area contributed by atoms with Crippen molar-refractivity contribution in [3.05, 3.63) is 51.3 Å². The Hall–Kier alpha value is -1.17. The third-order valence-electron chi connectivity index (χ3n) is 2.63. The molecule has 0 aliphatic carbocycles. The molecule has 94 valence electrons. The van der Waals surface area contributed by atoms with Crippen LogP contribution in [0.1, 0.15) is 15.9 Å². The van der Waals surface area contributed by atoms with Crippen molar-refractivity contribution in [3.63, 3.8) is 0 Å². The standard InChI is InChI=1S/C13H13BrN2OS/c1-16(12-7-6-11(14)18-12)13(17)10-4-2-9(8-15)3-5-10/h2-7H,8,15H2,1H3. The first kappa shape index (κ1) is 13.3. The lowest BCUT2D eigenvalue weighted by molar-refractivity contribution is 0.0993. The van der Waals surface area contributed by atoms with E-state index in [0.29, 0.717) is 12.1 Å². The predicted octanol–water partition coefficient (Wildman–Crippen LogP) is 3.25. The Labute approximate surface area is 118 Å². The molecule has 1 aromatic heterocycles. The maximum absolute atomic E-state index is 12.2. The van der Waals surface area contributed by atoms with Crippen LogP contribution in [0.3, 0.4) is 0 Å². The lowest BCUT2D eigenvalue weighted by atomic mass is 10.1. The summed E-state index contributed by atoms with van der Waals surface area (Å²) in [4.78, 5) is 13.9. The highest BCUT2D eigenvalue weighted by Crippen LogP contribution is 2.29. The Bertz CT molecular complexity index is 550. The third kappa shape index (κ3) is 2.80. The van der Waals surface area contributed by atoms with E-state index in [0.717, 1.165) is 14.4 Å². The first-order chi connectivity index (χ1) is 8.61. The highest BCUT2D eigenvalue weighted by molar-refractivity contribution is 9.11. The van der Waals surface area contributed by atoms with Crippen LogP contribution in [0.25, 0.3) is 0 Å². The van der Waals surface area contributed by atoms with Gasteiger partial charge >= 0.3 is 0 Å². The van der Waals surface area contributed by atoms with E-state index in [-0.39, 0.29) is 5.91 Å². The van der Waals surface area contributed by atoms with Gasteiger partial charge < -0.3 is 10.6 Å². The van der Waals surface area contributed by atoms with Crippen LogP contribution in [-0.2, 0) is 6.54 Å². The second-order valence-corrected chi connectivity index (χ2v) is 6.28. The Morgan fingerprint density at radius 3 is 2.44 bits per heavy atom. The van der Waals surface area contributed by atoms with Crippen LogP contribution in [0.15, 0.2) is 40.2 Å². The summed E-state index contributed by atoms with van der Waals surface area (Å²) in [5, 5.41) is 0.912. The van der Waals surface area contributed by atoms with E-state index in [1.165, 1.54) is 11.3 Å². The molecule has 0 fully saturated rings. The lowest BCUT2D eigenvalue weighted by Gasteiger charge is -2.15. The Balaban J connectivity index is 2.19. The van der Waals surface area contributed by atoms with Crippen molar-refractivity contribution in [3.8, 4) is 0 Å². The SMILES string of the molecule is CN(C(=O)c1ccc(CN)cc1)c1ccc(Br)s1. The summed E-state index contributed by atoms with van der Waals surface area (Å²) in [6.45, 7) is 0.488. The van der Waals surface area contributed by atoms with Crippen molar-refractivity contribution in [2.24, 2.45) is 5.73 Å². The van der Waals surface area contributed by atoms with Gasteiger partial charge in [0, 0.05) is 19.2 Å². The molecule has 3 nitrogen and oxygen atoms in total. The van der Waals surface area contributed by atoms with Crippen molar-refractivity contribution < 1.29 is 4.79 Å². The highest BCUT2D eigenvalue weighted by Gasteiger charge is 2.14. The van der Waals surface area contributed by atoms with Gasteiger partial charge in [0.2, 0.25) is 0 Å². The van der Waals surface area contributed by atoms with E-state index in [9.17, 15) is 4.79 Å². The Kier molecular flexibility index (Phi) is 4.16. The summed E-state index contributed by atoms with van der Waals surface area (Å²) in [6, 6.07) is 11.2. The Morgan fingerprint density at radius 2 is 1.94 bits per heavy atom. The number of nitrogens with two attached hydrogens (primary N) is 1. The number of hydrogen-bond acceptors (Lipinski definition) is 3. The maximum atomic E-state index is 12.2. The molecule has 1 heterocycles. The molecule has 0 radical (unpaired) electrons. The second-order valence-electron chi connectivity index (χ2n) is 3.84. The summed E-state index contributed by atoms with van der Waals surface area (Å²) in [7, 11) is 1.78. The maximum Gasteiger partial charge on any atom is 0.258 e. The fourth-order valence-electron chi connectivity index (χ4n) is 1.56. The second kappa shape index (κ2) is 5.65. The lowest BCUT2D eigenvalue weighted by Crippen LogP contribution is -2.25. The minimum atomic E-state index is -0.0204. The average molecular weight is 325 g/mol. The van der Waals surface area contributed by atoms with Gasteiger partial charge in [-0.1, -0.05) is 12.1 Å². The Morgan fingerprint density at radius 1 is 1.28 bits per heavy atom. The fraction of sp³-hybridized carbons (Fsp3) is 0.154. The number of nitrogens with zero attached hydrogens (tertiary/aromatic N) is 1. The number of halogens is 1. The van der Waals surface area contributed by atoms with Crippen molar-refractivity contribution in [1.29, 1.82) is 0 Å². The molecule has 2 N–H and O–H groups in total. The quantitative estimate of drug-likeness (QED) is 0.942. The molecule has 0 aliphatic heterocycles. The van der Waals surface area contributed by atoms with Crippen LogP contribution in [0.2, 0.25) is 0 Å². The summed E-state index contributed by atoms with van der Waals surface area (Å²) in [5.41, 5.74) is 7.22. The number of hydrogen-bond donors (Lipinski definition) is 1.